The molecule has 3 nitrogen and oxygen atoms in total. The van der Waals surface area contributed by atoms with Gasteiger partial charge in [0.15, 0.2) is 0 Å². The van der Waals surface area contributed by atoms with Crippen LogP contribution in [-0.2, 0) is 0 Å². The molecule has 0 atom stereocenters. The van der Waals surface area contributed by atoms with Crippen molar-refractivity contribution >= 4 is 17.3 Å². The van der Waals surface area contributed by atoms with Gasteiger partial charge in [0.25, 0.3) is 5.91 Å². The SMILES string of the molecule is Cc1ccc(NC(=O)c2ccccc2C)c(N2CCCC2)c1. The van der Waals surface area contributed by atoms with Crippen LogP contribution in [0.4, 0.5) is 11.4 Å². The van der Waals surface area contributed by atoms with Crippen molar-refractivity contribution in [1.29, 1.82) is 0 Å². The highest BCUT2D eigenvalue weighted by Gasteiger charge is 2.18. The number of hydrogen-bond donors (Lipinski definition) is 1. The summed E-state index contributed by atoms with van der Waals surface area (Å²) in [5, 5.41) is 3.09. The Labute approximate surface area is 132 Å². The molecule has 0 bridgehead atoms. The Bertz CT molecular complexity index is 688. The minimum Gasteiger partial charge on any atom is -0.370 e. The van der Waals surface area contributed by atoms with Crippen LogP contribution in [0.15, 0.2) is 42.5 Å². The van der Waals surface area contributed by atoms with Gasteiger partial charge in [0.1, 0.15) is 0 Å². The Hall–Kier alpha value is -2.29. The number of carbonyl (C=O) groups excluding carboxylic acids is 1. The van der Waals surface area contributed by atoms with E-state index in [1.807, 2.05) is 43.3 Å². The Balaban J connectivity index is 1.89. The first-order chi connectivity index (χ1) is 10.6. The van der Waals surface area contributed by atoms with Crippen LogP contribution in [0, 0.1) is 13.8 Å². The van der Waals surface area contributed by atoms with Gasteiger partial charge in [-0.3, -0.25) is 4.79 Å². The third-order valence-electron chi connectivity index (χ3n) is 4.24. The molecule has 2 aromatic carbocycles. The van der Waals surface area contributed by atoms with E-state index in [1.165, 1.54) is 18.4 Å². The number of benzene rings is 2. The maximum atomic E-state index is 12.6. The zero-order chi connectivity index (χ0) is 15.5. The van der Waals surface area contributed by atoms with Gasteiger partial charge < -0.3 is 10.2 Å². The Morgan fingerprint density at radius 1 is 1.05 bits per heavy atom. The van der Waals surface area contributed by atoms with E-state index in [0.29, 0.717) is 0 Å². The van der Waals surface area contributed by atoms with Crippen LogP contribution >= 0.6 is 0 Å². The van der Waals surface area contributed by atoms with Crippen LogP contribution in [0.1, 0.15) is 34.3 Å². The lowest BCUT2D eigenvalue weighted by molar-refractivity contribution is 0.102. The molecule has 0 unspecified atom stereocenters. The number of rotatable bonds is 3. The molecule has 0 aliphatic carbocycles. The van der Waals surface area contributed by atoms with Crippen molar-refractivity contribution in [1.82, 2.24) is 0 Å². The summed E-state index contributed by atoms with van der Waals surface area (Å²) in [6.07, 6.45) is 2.44. The molecule has 1 aliphatic rings. The van der Waals surface area contributed by atoms with E-state index in [-0.39, 0.29) is 5.91 Å². The van der Waals surface area contributed by atoms with Crippen molar-refractivity contribution in [2.45, 2.75) is 26.7 Å². The average molecular weight is 294 g/mol. The van der Waals surface area contributed by atoms with E-state index in [0.717, 1.165) is 35.6 Å². The van der Waals surface area contributed by atoms with E-state index < -0.39 is 0 Å². The molecule has 3 heteroatoms. The summed E-state index contributed by atoms with van der Waals surface area (Å²) in [6.45, 7) is 6.19. The normalized spacial score (nSPS) is 14.2. The standard InChI is InChI=1S/C19H22N2O/c1-14-9-10-17(18(13-14)21-11-5-6-12-21)20-19(22)16-8-4-3-7-15(16)2/h3-4,7-10,13H,5-6,11-12H2,1-2H3,(H,20,22). The summed E-state index contributed by atoms with van der Waals surface area (Å²) < 4.78 is 0. The van der Waals surface area contributed by atoms with Gasteiger partial charge in [-0.15, -0.1) is 0 Å². The second-order valence-corrected chi connectivity index (χ2v) is 5.98. The summed E-state index contributed by atoms with van der Waals surface area (Å²) in [4.78, 5) is 14.9. The molecule has 0 aromatic heterocycles. The van der Waals surface area contributed by atoms with E-state index in [1.54, 1.807) is 0 Å². The second kappa shape index (κ2) is 6.22. The zero-order valence-electron chi connectivity index (χ0n) is 13.2. The molecule has 3 rings (SSSR count). The maximum Gasteiger partial charge on any atom is 0.255 e. The largest absolute Gasteiger partial charge is 0.370 e. The first kappa shape index (κ1) is 14.6. The fourth-order valence-corrected chi connectivity index (χ4v) is 2.98. The second-order valence-electron chi connectivity index (χ2n) is 5.98. The van der Waals surface area contributed by atoms with Crippen molar-refractivity contribution in [2.24, 2.45) is 0 Å². The Morgan fingerprint density at radius 2 is 1.77 bits per heavy atom. The lowest BCUT2D eigenvalue weighted by Crippen LogP contribution is -2.21. The summed E-state index contributed by atoms with van der Waals surface area (Å²) in [5.41, 5.74) is 4.99. The quantitative estimate of drug-likeness (QED) is 0.922. The highest BCUT2D eigenvalue weighted by molar-refractivity contribution is 6.06. The number of aryl methyl sites for hydroxylation is 2. The van der Waals surface area contributed by atoms with Gasteiger partial charge in [-0.1, -0.05) is 24.3 Å². The Kier molecular flexibility index (Phi) is 4.14. The molecule has 1 aliphatic heterocycles. The van der Waals surface area contributed by atoms with E-state index >= 15 is 0 Å². The fraction of sp³-hybridized carbons (Fsp3) is 0.316. The van der Waals surface area contributed by atoms with Crippen LogP contribution in [0.5, 0.6) is 0 Å². The smallest absolute Gasteiger partial charge is 0.255 e. The third kappa shape index (κ3) is 2.98. The molecule has 1 saturated heterocycles. The molecule has 1 heterocycles. The molecular formula is C19H22N2O. The summed E-state index contributed by atoms with van der Waals surface area (Å²) in [7, 11) is 0. The molecule has 22 heavy (non-hydrogen) atoms. The molecule has 2 aromatic rings. The number of anilines is 2. The molecule has 1 amide bonds. The van der Waals surface area contributed by atoms with Crippen molar-refractivity contribution in [3.63, 3.8) is 0 Å². The lowest BCUT2D eigenvalue weighted by Gasteiger charge is -2.22. The zero-order valence-corrected chi connectivity index (χ0v) is 13.2. The molecule has 1 N–H and O–H groups in total. The van der Waals surface area contributed by atoms with Gasteiger partial charge in [0.05, 0.1) is 11.4 Å². The number of nitrogens with zero attached hydrogens (tertiary/aromatic N) is 1. The first-order valence-corrected chi connectivity index (χ1v) is 7.88. The Morgan fingerprint density at radius 3 is 2.50 bits per heavy atom. The van der Waals surface area contributed by atoms with Crippen LogP contribution in [0.2, 0.25) is 0 Å². The van der Waals surface area contributed by atoms with Crippen molar-refractivity contribution in [2.75, 3.05) is 23.3 Å². The van der Waals surface area contributed by atoms with Crippen LogP contribution in [0.3, 0.4) is 0 Å². The molecule has 0 spiro atoms. The fourth-order valence-electron chi connectivity index (χ4n) is 2.98. The van der Waals surface area contributed by atoms with Gasteiger partial charge in [-0.05, 0) is 56.0 Å². The van der Waals surface area contributed by atoms with Gasteiger partial charge in [-0.2, -0.15) is 0 Å². The molecule has 0 saturated carbocycles. The first-order valence-electron chi connectivity index (χ1n) is 7.88. The molecule has 114 valence electrons. The van der Waals surface area contributed by atoms with E-state index in [4.69, 9.17) is 0 Å². The molecular weight excluding hydrogens is 272 g/mol. The third-order valence-corrected chi connectivity index (χ3v) is 4.24. The van der Waals surface area contributed by atoms with Crippen molar-refractivity contribution < 1.29 is 4.79 Å². The van der Waals surface area contributed by atoms with Crippen molar-refractivity contribution in [3.05, 3.63) is 59.2 Å². The summed E-state index contributed by atoms with van der Waals surface area (Å²) in [6, 6.07) is 13.9. The van der Waals surface area contributed by atoms with Gasteiger partial charge in [-0.25, -0.2) is 0 Å². The van der Waals surface area contributed by atoms with Gasteiger partial charge in [0, 0.05) is 18.7 Å². The van der Waals surface area contributed by atoms with E-state index in [2.05, 4.69) is 23.2 Å². The lowest BCUT2D eigenvalue weighted by atomic mass is 10.1. The van der Waals surface area contributed by atoms with E-state index in [9.17, 15) is 4.79 Å². The van der Waals surface area contributed by atoms with Crippen LogP contribution < -0.4 is 10.2 Å². The number of amides is 1. The monoisotopic (exact) mass is 294 g/mol. The van der Waals surface area contributed by atoms with Crippen LogP contribution in [-0.4, -0.2) is 19.0 Å². The summed E-state index contributed by atoms with van der Waals surface area (Å²) >= 11 is 0. The minimum absolute atomic E-state index is 0.0394. The number of carbonyl (C=O) groups is 1. The molecule has 1 fully saturated rings. The van der Waals surface area contributed by atoms with Gasteiger partial charge >= 0.3 is 0 Å². The van der Waals surface area contributed by atoms with Crippen LogP contribution in [0.25, 0.3) is 0 Å². The number of nitrogens with one attached hydrogen (secondary N) is 1. The predicted molar refractivity (Wildman–Crippen MR) is 91.8 cm³/mol. The van der Waals surface area contributed by atoms with Crippen molar-refractivity contribution in [3.8, 4) is 0 Å². The maximum absolute atomic E-state index is 12.6. The topological polar surface area (TPSA) is 32.3 Å². The highest BCUT2D eigenvalue weighted by Crippen LogP contribution is 2.30. The highest BCUT2D eigenvalue weighted by atomic mass is 16.1. The average Bonchev–Trinajstić information content (AvgIpc) is 3.03. The minimum atomic E-state index is -0.0394. The summed E-state index contributed by atoms with van der Waals surface area (Å²) in [5.74, 6) is -0.0394. The van der Waals surface area contributed by atoms with Gasteiger partial charge in [0.2, 0.25) is 0 Å². The molecule has 0 radical (unpaired) electrons. The predicted octanol–water partition coefficient (Wildman–Crippen LogP) is 4.16. The number of hydrogen-bond acceptors (Lipinski definition) is 2.